The predicted molar refractivity (Wildman–Crippen MR) is 56.0 cm³/mol. The van der Waals surface area contributed by atoms with Crippen LogP contribution in [0.25, 0.3) is 0 Å². The Bertz CT molecular complexity index is 226. The zero-order valence-electron chi connectivity index (χ0n) is 7.81. The van der Waals surface area contributed by atoms with Crippen LogP contribution in [0, 0.1) is 23.7 Å². The van der Waals surface area contributed by atoms with Gasteiger partial charge in [-0.15, -0.1) is 13.2 Å². The van der Waals surface area contributed by atoms with Crippen LogP contribution in [0.3, 0.4) is 0 Å². The molecule has 68 valence electrons. The molecule has 1 heteroatoms. The van der Waals surface area contributed by atoms with Crippen molar-refractivity contribution in [1.82, 2.24) is 0 Å². The first-order chi connectivity index (χ1) is 6.41. The summed E-state index contributed by atoms with van der Waals surface area (Å²) in [5.41, 5.74) is 0. The lowest BCUT2D eigenvalue weighted by Gasteiger charge is -1.88. The number of hydrogen-bond acceptors (Lipinski definition) is 1. The predicted octanol–water partition coefficient (Wildman–Crippen LogP) is 2.16. The fourth-order valence-electron chi connectivity index (χ4n) is 0.544. The second-order valence-corrected chi connectivity index (χ2v) is 2.19. The van der Waals surface area contributed by atoms with Gasteiger partial charge in [-0.3, -0.25) is 0 Å². The van der Waals surface area contributed by atoms with E-state index in [4.69, 9.17) is 4.74 Å². The van der Waals surface area contributed by atoms with Gasteiger partial charge in [0.1, 0.15) is 13.2 Å². The summed E-state index contributed by atoms with van der Waals surface area (Å²) in [6, 6.07) is 0. The summed E-state index contributed by atoms with van der Waals surface area (Å²) in [5, 5.41) is 0. The topological polar surface area (TPSA) is 9.23 Å². The van der Waals surface area contributed by atoms with Gasteiger partial charge in [0.2, 0.25) is 0 Å². The highest BCUT2D eigenvalue weighted by Gasteiger charge is 1.75. The van der Waals surface area contributed by atoms with E-state index in [1.807, 2.05) is 0 Å². The van der Waals surface area contributed by atoms with Gasteiger partial charge in [-0.25, -0.2) is 0 Å². The average Bonchev–Trinajstić information content (AvgIpc) is 2.16. The molecule has 13 heavy (non-hydrogen) atoms. The highest BCUT2D eigenvalue weighted by molar-refractivity contribution is 5.05. The zero-order chi connectivity index (χ0) is 9.78. The highest BCUT2D eigenvalue weighted by Crippen LogP contribution is 1.77. The van der Waals surface area contributed by atoms with Gasteiger partial charge in [-0.2, -0.15) is 0 Å². The van der Waals surface area contributed by atoms with Crippen molar-refractivity contribution in [1.29, 1.82) is 0 Å². The van der Waals surface area contributed by atoms with E-state index >= 15 is 0 Å². The van der Waals surface area contributed by atoms with Crippen molar-refractivity contribution in [2.45, 2.75) is 12.8 Å². The molecule has 0 atom stereocenters. The van der Waals surface area contributed by atoms with Crippen LogP contribution in [0.1, 0.15) is 12.8 Å². The molecule has 0 unspecified atom stereocenters. The van der Waals surface area contributed by atoms with E-state index in [1.165, 1.54) is 0 Å². The molecule has 0 heterocycles. The van der Waals surface area contributed by atoms with E-state index < -0.39 is 0 Å². The van der Waals surface area contributed by atoms with E-state index in [1.54, 1.807) is 12.2 Å². The van der Waals surface area contributed by atoms with Crippen LogP contribution in [-0.4, -0.2) is 13.2 Å². The van der Waals surface area contributed by atoms with E-state index in [9.17, 15) is 0 Å². The van der Waals surface area contributed by atoms with Crippen molar-refractivity contribution in [2.75, 3.05) is 13.2 Å². The third-order valence-electron chi connectivity index (χ3n) is 1.09. The molecule has 0 aliphatic rings. The third-order valence-corrected chi connectivity index (χ3v) is 1.09. The molecule has 0 spiro atoms. The van der Waals surface area contributed by atoms with Gasteiger partial charge in [0.05, 0.1) is 0 Å². The second kappa shape index (κ2) is 10.6. The second-order valence-electron chi connectivity index (χ2n) is 2.19. The molecule has 1 nitrogen and oxygen atoms in total. The van der Waals surface area contributed by atoms with Gasteiger partial charge < -0.3 is 4.74 Å². The Kier molecular flexibility index (Phi) is 9.39. The maximum atomic E-state index is 5.11. The minimum absolute atomic E-state index is 0.441. The van der Waals surface area contributed by atoms with Gasteiger partial charge in [-0.1, -0.05) is 35.8 Å². The van der Waals surface area contributed by atoms with Crippen LogP contribution >= 0.6 is 0 Å². The summed E-state index contributed by atoms with van der Waals surface area (Å²) >= 11 is 0. The standard InChI is InChI=1S/C12H14O/c1-3-5-7-9-11-13-12-10-8-6-4-2/h3-4H,1-2,5-6,11-12H2. The summed E-state index contributed by atoms with van der Waals surface area (Å²) in [4.78, 5) is 0. The molecule has 0 aliphatic heterocycles. The maximum Gasteiger partial charge on any atom is 0.109 e. The maximum absolute atomic E-state index is 5.11. The summed E-state index contributed by atoms with van der Waals surface area (Å²) in [7, 11) is 0. The van der Waals surface area contributed by atoms with Gasteiger partial charge in [-0.05, 0) is 0 Å². The zero-order valence-corrected chi connectivity index (χ0v) is 7.81. The Morgan fingerprint density at radius 3 is 1.69 bits per heavy atom. The number of ether oxygens (including phenoxy) is 1. The monoisotopic (exact) mass is 174 g/mol. The largest absolute Gasteiger partial charge is 0.356 e. The van der Waals surface area contributed by atoms with Crippen LogP contribution in [0.5, 0.6) is 0 Å². The van der Waals surface area contributed by atoms with E-state index in [2.05, 4.69) is 36.8 Å². The average molecular weight is 174 g/mol. The van der Waals surface area contributed by atoms with E-state index in [0.29, 0.717) is 26.1 Å². The molecular formula is C12H14O. The molecule has 0 aliphatic carbocycles. The summed E-state index contributed by atoms with van der Waals surface area (Å²) in [5.74, 6) is 11.5. The van der Waals surface area contributed by atoms with Gasteiger partial charge in [0.25, 0.3) is 0 Å². The Balaban J connectivity index is 3.28. The lowest BCUT2D eigenvalue weighted by atomic mass is 10.4. The molecule has 0 N–H and O–H groups in total. The fourth-order valence-corrected chi connectivity index (χ4v) is 0.544. The first-order valence-corrected chi connectivity index (χ1v) is 4.12. The van der Waals surface area contributed by atoms with Crippen molar-refractivity contribution in [3.63, 3.8) is 0 Å². The first kappa shape index (κ1) is 11.6. The molecule has 0 aromatic heterocycles. The summed E-state index contributed by atoms with van der Waals surface area (Å²) in [6.07, 6.45) is 4.95. The minimum atomic E-state index is 0.441. The summed E-state index contributed by atoms with van der Waals surface area (Å²) in [6.45, 7) is 7.99. The third kappa shape index (κ3) is 10.6. The van der Waals surface area contributed by atoms with Crippen LogP contribution < -0.4 is 0 Å². The lowest BCUT2D eigenvalue weighted by Crippen LogP contribution is -1.90. The van der Waals surface area contributed by atoms with Crippen molar-refractivity contribution in [2.24, 2.45) is 0 Å². The molecular weight excluding hydrogens is 160 g/mol. The normalized spacial score (nSPS) is 7.38. The van der Waals surface area contributed by atoms with Gasteiger partial charge in [0.15, 0.2) is 0 Å². The molecule has 0 saturated carbocycles. The Morgan fingerprint density at radius 1 is 0.846 bits per heavy atom. The number of hydrogen-bond donors (Lipinski definition) is 0. The van der Waals surface area contributed by atoms with Crippen LogP contribution in [0.4, 0.5) is 0 Å². The molecule has 0 rings (SSSR count). The first-order valence-electron chi connectivity index (χ1n) is 4.12. The van der Waals surface area contributed by atoms with Crippen LogP contribution in [0.2, 0.25) is 0 Å². The van der Waals surface area contributed by atoms with Crippen molar-refractivity contribution < 1.29 is 4.74 Å². The van der Waals surface area contributed by atoms with Gasteiger partial charge in [0, 0.05) is 12.8 Å². The SMILES string of the molecule is C=CCC#CCOCC#CCC=C. The molecule has 0 aromatic rings. The lowest BCUT2D eigenvalue weighted by molar-refractivity contribution is 0.204. The Morgan fingerprint density at radius 2 is 1.31 bits per heavy atom. The fraction of sp³-hybridized carbons (Fsp3) is 0.333. The Labute approximate surface area is 80.5 Å². The van der Waals surface area contributed by atoms with Crippen LogP contribution in [-0.2, 0) is 4.74 Å². The van der Waals surface area contributed by atoms with Crippen LogP contribution in [0.15, 0.2) is 25.3 Å². The van der Waals surface area contributed by atoms with Crippen molar-refractivity contribution in [3.8, 4) is 23.7 Å². The van der Waals surface area contributed by atoms with Crippen molar-refractivity contribution >= 4 is 0 Å². The van der Waals surface area contributed by atoms with Crippen molar-refractivity contribution in [3.05, 3.63) is 25.3 Å². The van der Waals surface area contributed by atoms with Gasteiger partial charge >= 0.3 is 0 Å². The molecule has 0 saturated heterocycles. The number of allylic oxidation sites excluding steroid dienone is 2. The van der Waals surface area contributed by atoms with E-state index in [-0.39, 0.29) is 0 Å². The minimum Gasteiger partial charge on any atom is -0.356 e. The smallest absolute Gasteiger partial charge is 0.109 e. The molecule has 0 bridgehead atoms. The summed E-state index contributed by atoms with van der Waals surface area (Å²) < 4.78 is 5.11. The number of rotatable bonds is 4. The molecule has 0 fully saturated rings. The molecule has 0 aromatic carbocycles. The molecule has 0 amide bonds. The Hall–Kier alpha value is -1.44. The van der Waals surface area contributed by atoms with E-state index in [0.717, 1.165) is 0 Å². The molecule has 0 radical (unpaired) electrons. The highest BCUT2D eigenvalue weighted by atomic mass is 16.5. The quantitative estimate of drug-likeness (QED) is 0.360.